The number of carbonyl (C=O) groups excluding carboxylic acids is 2. The Hall–Kier alpha value is -3.53. The molecule has 1 aromatic heterocycles. The van der Waals surface area contributed by atoms with Gasteiger partial charge in [-0.15, -0.1) is 0 Å². The number of anilines is 1. The van der Waals surface area contributed by atoms with Crippen LogP contribution in [0, 0.1) is 13.8 Å². The zero-order valence-electron chi connectivity index (χ0n) is 18.2. The number of esters is 1. The minimum absolute atomic E-state index is 0.101. The molecule has 0 aliphatic heterocycles. The minimum Gasteiger partial charge on any atom is -0.489 e. The molecule has 0 bridgehead atoms. The van der Waals surface area contributed by atoms with Crippen LogP contribution in [0.25, 0.3) is 0 Å². The molecule has 0 saturated carbocycles. The van der Waals surface area contributed by atoms with E-state index in [4.69, 9.17) is 25.6 Å². The highest BCUT2D eigenvalue weighted by Crippen LogP contribution is 2.36. The van der Waals surface area contributed by atoms with Gasteiger partial charge in [0, 0.05) is 5.69 Å². The Balaban J connectivity index is 1.46. The van der Waals surface area contributed by atoms with Gasteiger partial charge in [0.05, 0.1) is 28.3 Å². The summed E-state index contributed by atoms with van der Waals surface area (Å²) in [5.41, 5.74) is 1.03. The molecule has 3 rings (SSSR count). The first-order valence-corrected chi connectivity index (χ1v) is 10.4. The summed E-state index contributed by atoms with van der Waals surface area (Å²) in [5.74, 6) is -0.200. The maximum Gasteiger partial charge on any atom is 0.417 e. The van der Waals surface area contributed by atoms with Gasteiger partial charge in [0.2, 0.25) is 0 Å². The average molecular weight is 497 g/mol. The molecule has 7 nitrogen and oxygen atoms in total. The Bertz CT molecular complexity index is 1160. The lowest BCUT2D eigenvalue weighted by Gasteiger charge is -2.12. The number of halogens is 4. The Morgan fingerprint density at radius 2 is 1.82 bits per heavy atom. The molecule has 1 heterocycles. The fourth-order valence-corrected chi connectivity index (χ4v) is 3.17. The van der Waals surface area contributed by atoms with Crippen LogP contribution in [0.1, 0.15) is 28.1 Å². The average Bonchev–Trinajstić information content (AvgIpc) is 3.09. The van der Waals surface area contributed by atoms with E-state index in [0.717, 1.165) is 17.3 Å². The van der Waals surface area contributed by atoms with Gasteiger partial charge in [0.1, 0.15) is 18.1 Å². The third-order valence-electron chi connectivity index (χ3n) is 4.76. The third kappa shape index (κ3) is 6.74. The molecule has 1 amide bonds. The summed E-state index contributed by atoms with van der Waals surface area (Å²) in [6, 6.07) is 9.67. The summed E-state index contributed by atoms with van der Waals surface area (Å²) in [6.07, 6.45) is -4.77. The van der Waals surface area contributed by atoms with Gasteiger partial charge in [-0.1, -0.05) is 28.9 Å². The summed E-state index contributed by atoms with van der Waals surface area (Å²) in [5, 5.41) is 5.61. The summed E-state index contributed by atoms with van der Waals surface area (Å²) < 4.78 is 54.4. The topological polar surface area (TPSA) is 90.7 Å². The van der Waals surface area contributed by atoms with Crippen molar-refractivity contribution in [1.29, 1.82) is 0 Å². The second-order valence-electron chi connectivity index (χ2n) is 7.31. The molecule has 0 saturated heterocycles. The van der Waals surface area contributed by atoms with Crippen molar-refractivity contribution in [3.8, 4) is 5.75 Å². The van der Waals surface area contributed by atoms with Crippen molar-refractivity contribution in [3.63, 3.8) is 0 Å². The first kappa shape index (κ1) is 25.1. The fourth-order valence-electron chi connectivity index (χ4n) is 2.95. The summed E-state index contributed by atoms with van der Waals surface area (Å²) in [6.45, 7) is 3.25. The van der Waals surface area contributed by atoms with Crippen LogP contribution in [0.3, 0.4) is 0 Å². The molecule has 11 heteroatoms. The van der Waals surface area contributed by atoms with Crippen LogP contribution in [0.2, 0.25) is 5.02 Å². The van der Waals surface area contributed by atoms with Crippen LogP contribution >= 0.6 is 11.6 Å². The second kappa shape index (κ2) is 10.6. The largest absolute Gasteiger partial charge is 0.489 e. The van der Waals surface area contributed by atoms with E-state index in [1.165, 1.54) is 6.07 Å². The fraction of sp³-hybridized carbons (Fsp3) is 0.261. The highest BCUT2D eigenvalue weighted by atomic mass is 35.5. The standard InChI is InChI=1S/C23H20ClF3N2O5/c1-13-18(14(2)34-29-13)11-32-17-6-3-15(4-7-17)9-22(31)33-12-21(30)28-16-5-8-20(24)19(10-16)23(25,26)27/h3-8,10H,9,11-12H2,1-2H3,(H,28,30). The minimum atomic E-state index is -4.67. The molecule has 0 spiro atoms. The third-order valence-corrected chi connectivity index (χ3v) is 5.09. The molecular formula is C23H20ClF3N2O5. The molecule has 0 aliphatic carbocycles. The van der Waals surface area contributed by atoms with Gasteiger partial charge in [-0.3, -0.25) is 9.59 Å². The first-order chi connectivity index (χ1) is 16.0. The first-order valence-electron chi connectivity index (χ1n) is 9.98. The molecule has 34 heavy (non-hydrogen) atoms. The van der Waals surface area contributed by atoms with E-state index in [0.29, 0.717) is 23.1 Å². The van der Waals surface area contributed by atoms with E-state index in [1.807, 2.05) is 6.92 Å². The summed E-state index contributed by atoms with van der Waals surface area (Å²) in [4.78, 5) is 24.0. The number of rotatable bonds is 8. The Morgan fingerprint density at radius 3 is 2.44 bits per heavy atom. The number of amides is 1. The van der Waals surface area contributed by atoms with Gasteiger partial charge in [0.25, 0.3) is 5.91 Å². The lowest BCUT2D eigenvalue weighted by Crippen LogP contribution is -2.22. The van der Waals surface area contributed by atoms with Crippen molar-refractivity contribution >= 4 is 29.2 Å². The number of benzene rings is 2. The van der Waals surface area contributed by atoms with E-state index >= 15 is 0 Å². The molecule has 1 N–H and O–H groups in total. The van der Waals surface area contributed by atoms with Crippen molar-refractivity contribution in [2.24, 2.45) is 0 Å². The number of ether oxygens (including phenoxy) is 2. The number of nitrogens with zero attached hydrogens (tertiary/aromatic N) is 1. The van der Waals surface area contributed by atoms with Crippen molar-refractivity contribution in [1.82, 2.24) is 5.16 Å². The van der Waals surface area contributed by atoms with E-state index in [1.54, 1.807) is 31.2 Å². The number of alkyl halides is 3. The van der Waals surface area contributed by atoms with Gasteiger partial charge < -0.3 is 19.3 Å². The predicted octanol–water partition coefficient (Wildman–Crippen LogP) is 5.27. The van der Waals surface area contributed by atoms with Gasteiger partial charge in [-0.05, 0) is 49.7 Å². The van der Waals surface area contributed by atoms with Crippen LogP contribution < -0.4 is 10.1 Å². The molecule has 0 radical (unpaired) electrons. The highest BCUT2D eigenvalue weighted by molar-refractivity contribution is 6.31. The zero-order chi connectivity index (χ0) is 24.9. The normalized spacial score (nSPS) is 11.2. The van der Waals surface area contributed by atoms with E-state index < -0.39 is 35.2 Å². The molecule has 0 unspecified atom stereocenters. The van der Waals surface area contributed by atoms with E-state index in [9.17, 15) is 22.8 Å². The number of hydrogen-bond donors (Lipinski definition) is 1. The Labute approximate surface area is 197 Å². The Kier molecular flexibility index (Phi) is 7.83. The van der Waals surface area contributed by atoms with Crippen molar-refractivity contribution in [3.05, 3.63) is 75.6 Å². The molecule has 180 valence electrons. The van der Waals surface area contributed by atoms with Crippen LogP contribution in [-0.2, 0) is 33.5 Å². The second-order valence-corrected chi connectivity index (χ2v) is 7.72. The molecule has 0 fully saturated rings. The number of nitrogens with one attached hydrogen (secondary N) is 1. The zero-order valence-corrected chi connectivity index (χ0v) is 18.9. The van der Waals surface area contributed by atoms with E-state index in [2.05, 4.69) is 10.5 Å². The summed E-state index contributed by atoms with van der Waals surface area (Å²) in [7, 11) is 0. The van der Waals surface area contributed by atoms with Gasteiger partial charge >= 0.3 is 12.1 Å². The summed E-state index contributed by atoms with van der Waals surface area (Å²) >= 11 is 5.54. The number of aromatic nitrogens is 1. The van der Waals surface area contributed by atoms with Gasteiger partial charge in [-0.25, -0.2) is 0 Å². The van der Waals surface area contributed by atoms with E-state index in [-0.39, 0.29) is 18.7 Å². The van der Waals surface area contributed by atoms with Crippen molar-refractivity contribution in [2.45, 2.75) is 33.1 Å². The van der Waals surface area contributed by atoms with Crippen LogP contribution in [-0.4, -0.2) is 23.6 Å². The smallest absolute Gasteiger partial charge is 0.417 e. The quantitative estimate of drug-likeness (QED) is 0.427. The lowest BCUT2D eigenvalue weighted by atomic mass is 10.1. The lowest BCUT2D eigenvalue weighted by molar-refractivity contribution is -0.146. The Morgan fingerprint density at radius 1 is 1.12 bits per heavy atom. The predicted molar refractivity (Wildman–Crippen MR) is 116 cm³/mol. The van der Waals surface area contributed by atoms with Crippen LogP contribution in [0.5, 0.6) is 5.75 Å². The molecule has 0 atom stereocenters. The molecule has 3 aromatic rings. The maximum absolute atomic E-state index is 12.9. The number of hydrogen-bond acceptors (Lipinski definition) is 6. The molecular weight excluding hydrogens is 477 g/mol. The monoisotopic (exact) mass is 496 g/mol. The van der Waals surface area contributed by atoms with Gasteiger partial charge in [0.15, 0.2) is 6.61 Å². The van der Waals surface area contributed by atoms with Gasteiger partial charge in [-0.2, -0.15) is 13.2 Å². The SMILES string of the molecule is Cc1noc(C)c1COc1ccc(CC(=O)OCC(=O)Nc2ccc(Cl)c(C(F)(F)F)c2)cc1. The van der Waals surface area contributed by atoms with Crippen LogP contribution in [0.15, 0.2) is 47.0 Å². The number of aryl methyl sites for hydroxylation is 2. The molecule has 2 aromatic carbocycles. The van der Waals surface area contributed by atoms with Crippen LogP contribution in [0.4, 0.5) is 18.9 Å². The highest BCUT2D eigenvalue weighted by Gasteiger charge is 2.33. The van der Waals surface area contributed by atoms with Crippen molar-refractivity contribution < 1.29 is 36.8 Å². The number of carbonyl (C=O) groups is 2. The maximum atomic E-state index is 12.9. The van der Waals surface area contributed by atoms with Crippen molar-refractivity contribution in [2.75, 3.05) is 11.9 Å². The molecule has 0 aliphatic rings.